The number of alkyl halides is 3. The number of halogens is 3. The Morgan fingerprint density at radius 3 is 2.69 bits per heavy atom. The number of ether oxygens (including phenoxy) is 1. The van der Waals surface area contributed by atoms with Crippen LogP contribution in [0.25, 0.3) is 0 Å². The second-order valence-electron chi connectivity index (χ2n) is 3.18. The highest BCUT2D eigenvalue weighted by molar-refractivity contribution is 8.00. The van der Waals surface area contributed by atoms with Gasteiger partial charge in [0.25, 0.3) is 0 Å². The van der Waals surface area contributed by atoms with Crippen LogP contribution in [0.1, 0.15) is 5.56 Å². The highest BCUT2D eigenvalue weighted by Gasteiger charge is 2.27. The summed E-state index contributed by atoms with van der Waals surface area (Å²) in [6.45, 7) is 1.84. The molecule has 0 heterocycles. The van der Waals surface area contributed by atoms with Crippen molar-refractivity contribution in [2.45, 2.75) is 12.4 Å². The minimum atomic E-state index is -4.21. The van der Waals surface area contributed by atoms with E-state index in [0.717, 1.165) is 5.56 Å². The molecule has 0 saturated carbocycles. The molecule has 0 fully saturated rings. The standard InChI is InChI=1S/C10H12F3NOS/c1-7-2-3-8(14)9(6-7)15-4-5-16-10(11,12)13/h2-3,6H,4-5,14H2,1H3. The summed E-state index contributed by atoms with van der Waals surface area (Å²) in [6, 6.07) is 5.18. The molecule has 6 heteroatoms. The summed E-state index contributed by atoms with van der Waals surface area (Å²) in [7, 11) is 0. The summed E-state index contributed by atoms with van der Waals surface area (Å²) in [5, 5.41) is 0. The van der Waals surface area contributed by atoms with Crippen LogP contribution in [-0.2, 0) is 0 Å². The van der Waals surface area contributed by atoms with Crippen molar-refractivity contribution in [1.29, 1.82) is 0 Å². The van der Waals surface area contributed by atoms with Gasteiger partial charge in [0, 0.05) is 5.75 Å². The summed E-state index contributed by atoms with van der Waals surface area (Å²) in [4.78, 5) is 0. The first-order valence-corrected chi connectivity index (χ1v) is 5.56. The maximum absolute atomic E-state index is 11.8. The molecule has 0 bridgehead atoms. The topological polar surface area (TPSA) is 35.2 Å². The Morgan fingerprint density at radius 1 is 1.38 bits per heavy atom. The fourth-order valence-electron chi connectivity index (χ4n) is 1.08. The van der Waals surface area contributed by atoms with Gasteiger partial charge in [0.05, 0.1) is 12.3 Å². The predicted molar refractivity (Wildman–Crippen MR) is 59.6 cm³/mol. The van der Waals surface area contributed by atoms with Crippen LogP contribution in [0.15, 0.2) is 18.2 Å². The first-order valence-electron chi connectivity index (χ1n) is 4.58. The van der Waals surface area contributed by atoms with Crippen LogP contribution in [0.3, 0.4) is 0 Å². The summed E-state index contributed by atoms with van der Waals surface area (Å²) in [6.07, 6.45) is 0. The second-order valence-corrected chi connectivity index (χ2v) is 4.34. The molecule has 1 rings (SSSR count). The maximum Gasteiger partial charge on any atom is 0.441 e. The van der Waals surface area contributed by atoms with Gasteiger partial charge in [-0.15, -0.1) is 0 Å². The number of nitrogens with two attached hydrogens (primary N) is 1. The smallest absolute Gasteiger partial charge is 0.441 e. The quantitative estimate of drug-likeness (QED) is 0.659. The number of aryl methyl sites for hydroxylation is 1. The molecule has 0 aromatic heterocycles. The first-order chi connectivity index (χ1) is 7.38. The van der Waals surface area contributed by atoms with Gasteiger partial charge in [0.2, 0.25) is 0 Å². The molecule has 0 aliphatic heterocycles. The van der Waals surface area contributed by atoms with Gasteiger partial charge in [0.1, 0.15) is 5.75 Å². The van der Waals surface area contributed by atoms with Crippen LogP contribution in [0.5, 0.6) is 5.75 Å². The zero-order valence-corrected chi connectivity index (χ0v) is 9.49. The zero-order chi connectivity index (χ0) is 12.2. The summed E-state index contributed by atoms with van der Waals surface area (Å²) in [5.74, 6) is 0.291. The normalized spacial score (nSPS) is 11.5. The average Bonchev–Trinajstić information content (AvgIpc) is 2.16. The second kappa shape index (κ2) is 5.34. The largest absolute Gasteiger partial charge is 0.491 e. The minimum absolute atomic E-state index is 0.0160. The molecule has 0 aliphatic rings. The fourth-order valence-corrected chi connectivity index (χ4v) is 1.47. The SMILES string of the molecule is Cc1ccc(N)c(OCCSC(F)(F)F)c1. The van der Waals surface area contributed by atoms with E-state index in [2.05, 4.69) is 0 Å². The van der Waals surface area contributed by atoms with E-state index in [4.69, 9.17) is 10.5 Å². The summed E-state index contributed by atoms with van der Waals surface area (Å²) < 4.78 is 40.6. The molecule has 0 amide bonds. The van der Waals surface area contributed by atoms with E-state index >= 15 is 0 Å². The Kier molecular flexibility index (Phi) is 4.35. The predicted octanol–water partition coefficient (Wildman–Crippen LogP) is 3.21. The third-order valence-electron chi connectivity index (χ3n) is 1.78. The van der Waals surface area contributed by atoms with E-state index < -0.39 is 5.51 Å². The number of rotatable bonds is 4. The van der Waals surface area contributed by atoms with E-state index in [1.807, 2.05) is 13.0 Å². The third-order valence-corrected chi connectivity index (χ3v) is 2.47. The minimum Gasteiger partial charge on any atom is -0.491 e. The van der Waals surface area contributed by atoms with Crippen LogP contribution in [-0.4, -0.2) is 17.9 Å². The van der Waals surface area contributed by atoms with Gasteiger partial charge in [-0.05, 0) is 36.4 Å². The lowest BCUT2D eigenvalue weighted by molar-refractivity contribution is -0.0329. The van der Waals surface area contributed by atoms with Crippen LogP contribution in [0, 0.1) is 6.92 Å². The summed E-state index contributed by atoms with van der Waals surface area (Å²) >= 11 is -0.103. The lowest BCUT2D eigenvalue weighted by Gasteiger charge is -2.10. The van der Waals surface area contributed by atoms with Crippen LogP contribution < -0.4 is 10.5 Å². The molecule has 16 heavy (non-hydrogen) atoms. The summed E-state index contributed by atoms with van der Waals surface area (Å²) in [5.41, 5.74) is 2.78. The Labute approximate surface area is 96.0 Å². The van der Waals surface area contributed by atoms with Crippen molar-refractivity contribution >= 4 is 17.4 Å². The number of thioether (sulfide) groups is 1. The Hall–Kier alpha value is -1.04. The molecule has 0 atom stereocenters. The van der Waals surface area contributed by atoms with Crippen LogP contribution in [0.2, 0.25) is 0 Å². The molecule has 0 unspecified atom stereocenters. The number of benzene rings is 1. The third kappa shape index (κ3) is 4.65. The molecule has 2 N–H and O–H groups in total. The van der Waals surface area contributed by atoms with Gasteiger partial charge in [-0.2, -0.15) is 13.2 Å². The van der Waals surface area contributed by atoms with Crippen molar-refractivity contribution in [3.63, 3.8) is 0 Å². The van der Waals surface area contributed by atoms with E-state index in [1.54, 1.807) is 12.1 Å². The van der Waals surface area contributed by atoms with E-state index in [9.17, 15) is 13.2 Å². The Bertz CT molecular complexity index is 354. The van der Waals surface area contributed by atoms with Gasteiger partial charge in [0.15, 0.2) is 0 Å². The monoisotopic (exact) mass is 251 g/mol. The number of nitrogen functional groups attached to an aromatic ring is 1. The molecule has 0 spiro atoms. The molecule has 90 valence electrons. The number of hydrogen-bond acceptors (Lipinski definition) is 3. The highest BCUT2D eigenvalue weighted by atomic mass is 32.2. The van der Waals surface area contributed by atoms with E-state index in [0.29, 0.717) is 11.4 Å². The zero-order valence-electron chi connectivity index (χ0n) is 8.67. The number of anilines is 1. The lowest BCUT2D eigenvalue weighted by Crippen LogP contribution is -2.08. The molecule has 1 aromatic rings. The molecule has 0 saturated heterocycles. The van der Waals surface area contributed by atoms with E-state index in [-0.39, 0.29) is 24.1 Å². The molecule has 2 nitrogen and oxygen atoms in total. The molecular weight excluding hydrogens is 239 g/mol. The van der Waals surface area contributed by atoms with Gasteiger partial charge >= 0.3 is 5.51 Å². The molecule has 1 aromatic carbocycles. The Balaban J connectivity index is 2.40. The van der Waals surface area contributed by atoms with Crippen LogP contribution >= 0.6 is 11.8 Å². The van der Waals surface area contributed by atoms with Crippen molar-refractivity contribution in [3.05, 3.63) is 23.8 Å². The van der Waals surface area contributed by atoms with E-state index in [1.165, 1.54) is 0 Å². The van der Waals surface area contributed by atoms with Crippen molar-refractivity contribution in [1.82, 2.24) is 0 Å². The van der Waals surface area contributed by atoms with Gasteiger partial charge in [-0.25, -0.2) is 0 Å². The number of hydrogen-bond donors (Lipinski definition) is 1. The van der Waals surface area contributed by atoms with Gasteiger partial charge in [-0.1, -0.05) is 6.07 Å². The van der Waals surface area contributed by atoms with Gasteiger partial charge in [-0.3, -0.25) is 0 Å². The van der Waals surface area contributed by atoms with Crippen molar-refractivity contribution in [2.24, 2.45) is 0 Å². The lowest BCUT2D eigenvalue weighted by atomic mass is 10.2. The average molecular weight is 251 g/mol. The maximum atomic E-state index is 11.8. The van der Waals surface area contributed by atoms with Crippen molar-refractivity contribution < 1.29 is 17.9 Å². The molecular formula is C10H12F3NOS. The highest BCUT2D eigenvalue weighted by Crippen LogP contribution is 2.30. The van der Waals surface area contributed by atoms with Crippen molar-refractivity contribution in [2.75, 3.05) is 18.1 Å². The van der Waals surface area contributed by atoms with Crippen LogP contribution in [0.4, 0.5) is 18.9 Å². The first kappa shape index (κ1) is 13.0. The Morgan fingerprint density at radius 2 is 2.06 bits per heavy atom. The van der Waals surface area contributed by atoms with Gasteiger partial charge < -0.3 is 10.5 Å². The molecule has 0 aliphatic carbocycles. The molecule has 0 radical (unpaired) electrons. The fraction of sp³-hybridized carbons (Fsp3) is 0.400. The van der Waals surface area contributed by atoms with Crippen molar-refractivity contribution in [3.8, 4) is 5.75 Å².